The van der Waals surface area contributed by atoms with Gasteiger partial charge in [0.15, 0.2) is 0 Å². The van der Waals surface area contributed by atoms with Crippen molar-refractivity contribution in [3.63, 3.8) is 0 Å². The summed E-state index contributed by atoms with van der Waals surface area (Å²) in [5.41, 5.74) is 0.678. The molecule has 0 aliphatic carbocycles. The minimum absolute atomic E-state index is 0.137. The van der Waals surface area contributed by atoms with Gasteiger partial charge in [-0.1, -0.05) is 26.0 Å². The van der Waals surface area contributed by atoms with Crippen LogP contribution < -0.4 is 4.74 Å². The zero-order valence-electron chi connectivity index (χ0n) is 13.7. The van der Waals surface area contributed by atoms with Gasteiger partial charge in [0.05, 0.1) is 12.2 Å². The average Bonchev–Trinajstić information content (AvgIpc) is 2.39. The molecule has 3 nitrogen and oxygen atoms in total. The maximum absolute atomic E-state index is 10.9. The molecule has 1 unspecified atom stereocenters. The number of aliphatic hydroxyl groups is 1. The molecule has 1 aromatic rings. The van der Waals surface area contributed by atoms with Gasteiger partial charge in [-0.05, 0) is 58.5 Å². The second kappa shape index (κ2) is 7.09. The normalized spacial score (nSPS) is 13.8. The van der Waals surface area contributed by atoms with Gasteiger partial charge in [0.25, 0.3) is 0 Å². The highest BCUT2D eigenvalue weighted by molar-refractivity contribution is 5.31. The molecule has 0 radical (unpaired) electrons. The third-order valence-electron chi connectivity index (χ3n) is 4.17. The summed E-state index contributed by atoms with van der Waals surface area (Å²) in [5.74, 6) is 0.816. The monoisotopic (exact) mass is 279 g/mol. The van der Waals surface area contributed by atoms with Crippen LogP contribution in [-0.2, 0) is 0 Å². The lowest BCUT2D eigenvalue weighted by atomic mass is 9.81. The standard InChI is InChI=1S/C17H29NO2/c1-7-17(8-2,18(5)6)16(19)14-10-9-11-15(12-14)20-13(3)4/h9-13,16,19H,7-8H2,1-6H3. The van der Waals surface area contributed by atoms with Gasteiger partial charge in [0.1, 0.15) is 5.75 Å². The Bertz CT molecular complexity index is 411. The number of ether oxygens (including phenoxy) is 1. The molecule has 20 heavy (non-hydrogen) atoms. The number of nitrogens with zero attached hydrogens (tertiary/aromatic N) is 1. The van der Waals surface area contributed by atoms with E-state index in [1.165, 1.54) is 0 Å². The summed E-state index contributed by atoms with van der Waals surface area (Å²) in [6.07, 6.45) is 1.40. The van der Waals surface area contributed by atoms with Gasteiger partial charge < -0.3 is 14.7 Å². The van der Waals surface area contributed by atoms with Gasteiger partial charge in [-0.2, -0.15) is 0 Å². The molecule has 0 saturated carbocycles. The van der Waals surface area contributed by atoms with Gasteiger partial charge in [-0.25, -0.2) is 0 Å². The van der Waals surface area contributed by atoms with Crippen LogP contribution in [0.1, 0.15) is 52.2 Å². The Hall–Kier alpha value is -1.06. The molecule has 0 amide bonds. The molecule has 0 spiro atoms. The van der Waals surface area contributed by atoms with Crippen molar-refractivity contribution in [2.75, 3.05) is 14.1 Å². The van der Waals surface area contributed by atoms with E-state index in [-0.39, 0.29) is 11.6 Å². The molecule has 1 aromatic carbocycles. The molecule has 1 N–H and O–H groups in total. The summed E-state index contributed by atoms with van der Waals surface area (Å²) in [7, 11) is 4.06. The van der Waals surface area contributed by atoms with Crippen LogP contribution in [0.25, 0.3) is 0 Å². The molecule has 1 atom stereocenters. The van der Waals surface area contributed by atoms with E-state index in [0.29, 0.717) is 0 Å². The Morgan fingerprint density at radius 1 is 1.20 bits per heavy atom. The molecule has 0 saturated heterocycles. The van der Waals surface area contributed by atoms with Crippen molar-refractivity contribution < 1.29 is 9.84 Å². The molecular formula is C17H29NO2. The van der Waals surface area contributed by atoms with Crippen LogP contribution in [0.15, 0.2) is 24.3 Å². The second-order valence-corrected chi connectivity index (χ2v) is 5.85. The second-order valence-electron chi connectivity index (χ2n) is 5.85. The lowest BCUT2D eigenvalue weighted by molar-refractivity contribution is -0.0151. The van der Waals surface area contributed by atoms with Crippen LogP contribution in [0.4, 0.5) is 0 Å². The molecule has 0 aliphatic rings. The van der Waals surface area contributed by atoms with E-state index < -0.39 is 6.10 Å². The Kier molecular flexibility index (Phi) is 6.03. The first-order chi connectivity index (χ1) is 9.37. The van der Waals surface area contributed by atoms with E-state index in [1.54, 1.807) is 0 Å². The van der Waals surface area contributed by atoms with Gasteiger partial charge in [0, 0.05) is 5.54 Å². The average molecular weight is 279 g/mol. The molecule has 0 aliphatic heterocycles. The molecular weight excluding hydrogens is 250 g/mol. The van der Waals surface area contributed by atoms with Crippen LogP contribution in [0.3, 0.4) is 0 Å². The summed E-state index contributed by atoms with van der Waals surface area (Å²) in [5, 5.41) is 10.9. The zero-order chi connectivity index (χ0) is 15.3. The predicted octanol–water partition coefficient (Wildman–Crippen LogP) is 3.63. The van der Waals surface area contributed by atoms with E-state index in [2.05, 4.69) is 18.7 Å². The molecule has 3 heteroatoms. The summed E-state index contributed by atoms with van der Waals surface area (Å²) in [6.45, 7) is 8.26. The number of aliphatic hydroxyl groups excluding tert-OH is 1. The van der Waals surface area contributed by atoms with Gasteiger partial charge in [-0.3, -0.25) is 0 Å². The third-order valence-corrected chi connectivity index (χ3v) is 4.17. The summed E-state index contributed by atoms with van der Waals surface area (Å²) in [4.78, 5) is 2.13. The lowest BCUT2D eigenvalue weighted by Gasteiger charge is -2.42. The maximum Gasteiger partial charge on any atom is 0.120 e. The zero-order valence-corrected chi connectivity index (χ0v) is 13.7. The summed E-state index contributed by atoms with van der Waals surface area (Å²) < 4.78 is 5.72. The minimum Gasteiger partial charge on any atom is -0.491 e. The van der Waals surface area contributed by atoms with Gasteiger partial charge in [0.2, 0.25) is 0 Å². The number of rotatable bonds is 7. The Balaban J connectivity index is 3.09. The van der Waals surface area contributed by atoms with Crippen molar-refractivity contribution in [3.05, 3.63) is 29.8 Å². The largest absolute Gasteiger partial charge is 0.491 e. The van der Waals surface area contributed by atoms with E-state index in [4.69, 9.17) is 4.74 Å². The van der Waals surface area contributed by atoms with Crippen molar-refractivity contribution in [2.24, 2.45) is 0 Å². The van der Waals surface area contributed by atoms with Gasteiger partial charge in [-0.15, -0.1) is 0 Å². The Morgan fingerprint density at radius 2 is 1.80 bits per heavy atom. The summed E-state index contributed by atoms with van der Waals surface area (Å²) in [6, 6.07) is 7.81. The number of hydrogen-bond acceptors (Lipinski definition) is 3. The minimum atomic E-state index is -0.525. The van der Waals surface area contributed by atoms with Crippen molar-refractivity contribution in [3.8, 4) is 5.75 Å². The van der Waals surface area contributed by atoms with E-state index in [9.17, 15) is 5.11 Å². The lowest BCUT2D eigenvalue weighted by Crippen LogP contribution is -2.48. The number of likely N-dealkylation sites (N-methyl/N-ethyl adjacent to an activating group) is 1. The van der Waals surface area contributed by atoms with Crippen molar-refractivity contribution >= 4 is 0 Å². The Morgan fingerprint density at radius 3 is 2.25 bits per heavy atom. The molecule has 0 aromatic heterocycles. The van der Waals surface area contributed by atoms with E-state index in [0.717, 1.165) is 24.2 Å². The summed E-state index contributed by atoms with van der Waals surface area (Å²) >= 11 is 0. The highest BCUT2D eigenvalue weighted by Gasteiger charge is 2.37. The fraction of sp³-hybridized carbons (Fsp3) is 0.647. The Labute approximate surface area is 123 Å². The smallest absolute Gasteiger partial charge is 0.120 e. The SMILES string of the molecule is CCC(CC)(C(O)c1cccc(OC(C)C)c1)N(C)C. The van der Waals surface area contributed by atoms with Crippen LogP contribution in [0.5, 0.6) is 5.75 Å². The first kappa shape index (κ1) is 17.0. The van der Waals surface area contributed by atoms with Crippen LogP contribution in [0, 0.1) is 0 Å². The van der Waals surface area contributed by atoms with Crippen molar-refractivity contribution in [2.45, 2.75) is 58.3 Å². The first-order valence-corrected chi connectivity index (χ1v) is 7.49. The van der Waals surface area contributed by atoms with Crippen LogP contribution >= 0.6 is 0 Å². The van der Waals surface area contributed by atoms with E-state index >= 15 is 0 Å². The van der Waals surface area contributed by atoms with Crippen molar-refractivity contribution in [1.82, 2.24) is 4.90 Å². The fourth-order valence-corrected chi connectivity index (χ4v) is 2.85. The molecule has 114 valence electrons. The quantitative estimate of drug-likeness (QED) is 0.827. The number of hydrogen-bond donors (Lipinski definition) is 1. The van der Waals surface area contributed by atoms with Gasteiger partial charge >= 0.3 is 0 Å². The number of benzene rings is 1. The molecule has 0 fully saturated rings. The molecule has 1 rings (SSSR count). The van der Waals surface area contributed by atoms with E-state index in [1.807, 2.05) is 52.2 Å². The predicted molar refractivity (Wildman–Crippen MR) is 84.2 cm³/mol. The third kappa shape index (κ3) is 3.53. The maximum atomic E-state index is 10.9. The van der Waals surface area contributed by atoms with Crippen LogP contribution in [0.2, 0.25) is 0 Å². The van der Waals surface area contributed by atoms with Crippen LogP contribution in [-0.4, -0.2) is 35.7 Å². The van der Waals surface area contributed by atoms with Crippen molar-refractivity contribution in [1.29, 1.82) is 0 Å². The highest BCUT2D eigenvalue weighted by atomic mass is 16.5. The highest BCUT2D eigenvalue weighted by Crippen LogP contribution is 2.36. The first-order valence-electron chi connectivity index (χ1n) is 7.49. The molecule has 0 bridgehead atoms. The topological polar surface area (TPSA) is 32.7 Å². The fourth-order valence-electron chi connectivity index (χ4n) is 2.85. The molecule has 0 heterocycles.